The van der Waals surface area contributed by atoms with Crippen molar-refractivity contribution in [2.45, 2.75) is 135 Å². The van der Waals surface area contributed by atoms with Gasteiger partial charge < -0.3 is 20.4 Å². The molecular formula is C102H83F2N17O7S. The fourth-order valence-electron chi connectivity index (χ4n) is 20.5. The summed E-state index contributed by atoms with van der Waals surface area (Å²) in [5, 5.41) is 89.0. The number of hydrogen-bond acceptors (Lipinski definition) is 18. The summed E-state index contributed by atoms with van der Waals surface area (Å²) < 4.78 is 30.3. The second-order valence-electron chi connectivity index (χ2n) is 34.1. The Morgan fingerprint density at radius 3 is 1.26 bits per heavy atom. The number of nitrogens with zero attached hydrogens (tertiary/aromatic N) is 11. The van der Waals surface area contributed by atoms with Crippen molar-refractivity contribution in [3.63, 3.8) is 0 Å². The van der Waals surface area contributed by atoms with E-state index in [1.165, 1.54) is 79.9 Å². The molecule has 9 aromatic carbocycles. The number of aromatic nitrogens is 16. The van der Waals surface area contributed by atoms with E-state index >= 15 is 0 Å². The number of phenolic OH excluding ortho intramolecular Hbond substituents is 3. The van der Waals surface area contributed by atoms with E-state index in [-0.39, 0.29) is 35.3 Å². The molecule has 0 bridgehead atoms. The van der Waals surface area contributed by atoms with E-state index in [2.05, 4.69) is 116 Å². The van der Waals surface area contributed by atoms with Gasteiger partial charge in [0.15, 0.2) is 0 Å². The van der Waals surface area contributed by atoms with Gasteiger partial charge in [-0.3, -0.25) is 45.2 Å². The zero-order valence-corrected chi connectivity index (χ0v) is 70.9. The van der Waals surface area contributed by atoms with E-state index < -0.39 is 29.3 Å². The van der Waals surface area contributed by atoms with Crippen LogP contribution in [0.15, 0.2) is 177 Å². The van der Waals surface area contributed by atoms with Gasteiger partial charge in [-0.15, -0.1) is 11.3 Å². The van der Waals surface area contributed by atoms with Gasteiger partial charge in [0.2, 0.25) is 5.91 Å². The quantitative estimate of drug-likeness (QED) is 0.0691. The van der Waals surface area contributed by atoms with Crippen molar-refractivity contribution < 1.29 is 43.6 Å². The first-order valence-electron chi connectivity index (χ1n) is 43.9. The Hall–Kier alpha value is -15.1. The second kappa shape index (κ2) is 32.7. The number of aromatic amines is 5. The Balaban J connectivity index is 0.0000000949. The predicted molar refractivity (Wildman–Crippen MR) is 497 cm³/mol. The first-order valence-corrected chi connectivity index (χ1v) is 44.7. The number of phenols is 3. The standard InChI is InChI=1S/C22H18N4S.C21H17N3O3.C20H15F2N3O.C20H17N3O.C19H16N4O2/c1-12-24-18-7-6-13(10-20(18)27-12)22-15-5-3-2-4-14(15)21-16-11-23-26-17(16)8-9-19(21)25-22;25-13-4-1-11(2-5-13)20-15-9-12(21(26)27)3-6-14(15)19-16-10-22-24-17(16)7-8-18(19)23-20;21-14-7-10(26)8-15(22)19(14)20-12-4-2-1-3-11(12)18-13-9-23-25-16(13)5-6-17(18)24-20;24-14-8-5-12(6-9-14)19-16-4-2-1-3-15(16)18-17(22-19)10-7-13-11-21-23-20(13)18;24-16-8-5-12(19(25)22-16)18-11-4-2-1-3-10(11)17-13-9-20-23-14(13)6-7-15(17)21-18/h6-11H,2-5H2,1H3,(H,23,26);1-2,4-5,7-8,10,12,25H,3,6,9H2,(H,22,24)(H,26,27);5-9,26H,1-4H2,(H,23,25);5-11,24H,1-4H2,(H,21,23);5-7,9H,1-4,8H2,(H,20,23)(H,22,24,25). The number of aryl methyl sites for hydroxylation is 6. The zero-order valence-electron chi connectivity index (χ0n) is 70.1. The number of thiazole rings is 1. The molecule has 12 heterocycles. The number of hydrogen-bond donors (Lipinski definition) is 10. The van der Waals surface area contributed by atoms with Gasteiger partial charge in [0.05, 0.1) is 147 Å². The molecule has 27 heteroatoms. The van der Waals surface area contributed by atoms with Crippen LogP contribution in [0.3, 0.4) is 0 Å². The number of carbonyl (C=O) groups excluding carboxylic acids is 2. The van der Waals surface area contributed by atoms with E-state index in [0.717, 1.165) is 249 Å². The van der Waals surface area contributed by atoms with Crippen molar-refractivity contribution in [2.24, 2.45) is 5.92 Å². The molecule has 5 aliphatic carbocycles. The van der Waals surface area contributed by atoms with E-state index in [4.69, 9.17) is 19.9 Å². The smallest absolute Gasteiger partial charge is 0.306 e. The van der Waals surface area contributed by atoms with Crippen molar-refractivity contribution in [3.8, 4) is 62.3 Å². The summed E-state index contributed by atoms with van der Waals surface area (Å²) in [6.45, 7) is 2.07. The number of imide groups is 1. The number of amides is 2. The lowest BCUT2D eigenvalue weighted by atomic mass is 9.80. The summed E-state index contributed by atoms with van der Waals surface area (Å²) >= 11 is 1.75. The van der Waals surface area contributed by atoms with Crippen LogP contribution in [0.25, 0.3) is 170 Å². The van der Waals surface area contributed by atoms with Gasteiger partial charge in [0.1, 0.15) is 28.9 Å². The molecule has 1 atom stereocenters. The third-order valence-electron chi connectivity index (χ3n) is 26.4. The molecule has 20 aromatic rings. The molecule has 1 aliphatic heterocycles. The maximum absolute atomic E-state index is 14.5. The predicted octanol–water partition coefficient (Wildman–Crippen LogP) is 20.7. The van der Waals surface area contributed by atoms with Crippen molar-refractivity contribution in [1.29, 1.82) is 0 Å². The van der Waals surface area contributed by atoms with E-state index in [9.17, 15) is 43.6 Å². The average molecular weight is 1730 g/mol. The fourth-order valence-corrected chi connectivity index (χ4v) is 21.4. The number of aliphatic carboxylic acids is 1. The van der Waals surface area contributed by atoms with Crippen LogP contribution in [0, 0.1) is 24.5 Å². The highest BCUT2D eigenvalue weighted by Crippen LogP contribution is 2.46. The summed E-state index contributed by atoms with van der Waals surface area (Å²) in [7, 11) is 0. The molecular weight excluding hydrogens is 1650 g/mol. The van der Waals surface area contributed by atoms with Crippen LogP contribution >= 0.6 is 11.3 Å². The SMILES string of the molecule is Cc1nc2ccc(-c3nc4ccc5[nH]ncc5c4c4c3CCCC4)cc2s1.O=C(O)C1CCc2c(c(-c3ccc(O)cc3)nc3ccc4[nH]ncc4c23)C1.O=C1CC=C(c2nc3ccc4[nH]ncc4c3c3c2CCCC3)C(=O)N1.Oc1cc(F)c(-c2nc3ccc4[nH]ncc4c3c3c2CCCC3)c(F)c1.Oc1ccc(-c2nc3ccc4cn[nH]c4c3c3c2CCCC3)cc1. The zero-order chi connectivity index (χ0) is 87.4. The molecule has 6 aliphatic rings. The first-order chi connectivity index (χ1) is 63.1. The van der Waals surface area contributed by atoms with Gasteiger partial charge in [-0.2, -0.15) is 25.5 Å². The Kier molecular flexibility index (Phi) is 20.2. The highest BCUT2D eigenvalue weighted by molar-refractivity contribution is 7.18. The highest BCUT2D eigenvalue weighted by Gasteiger charge is 2.33. The summed E-state index contributed by atoms with van der Waals surface area (Å²) in [5.74, 6) is -3.33. The van der Waals surface area contributed by atoms with E-state index in [1.807, 2.05) is 85.5 Å². The number of benzene rings is 9. The number of carboxylic acids is 1. The minimum Gasteiger partial charge on any atom is -0.508 e. The molecule has 0 saturated heterocycles. The molecule has 0 saturated carbocycles. The van der Waals surface area contributed by atoms with Crippen molar-refractivity contribution in [2.75, 3.05) is 0 Å². The van der Waals surface area contributed by atoms with Gasteiger partial charge in [-0.25, -0.2) is 38.7 Å². The van der Waals surface area contributed by atoms with Crippen molar-refractivity contribution in [1.82, 2.24) is 86.2 Å². The summed E-state index contributed by atoms with van der Waals surface area (Å²) in [5.41, 5.74) is 30.4. The van der Waals surface area contributed by atoms with Gasteiger partial charge >= 0.3 is 5.97 Å². The van der Waals surface area contributed by atoms with Crippen LogP contribution in [-0.4, -0.2) is 119 Å². The fraction of sp³-hybridized carbons (Fsp3) is 0.216. The van der Waals surface area contributed by atoms with Crippen LogP contribution in [0.4, 0.5) is 8.78 Å². The van der Waals surface area contributed by atoms with Crippen LogP contribution < -0.4 is 5.32 Å². The number of carboxylic acid groups (broad SMARTS) is 1. The van der Waals surface area contributed by atoms with Gasteiger partial charge in [0.25, 0.3) is 5.91 Å². The molecule has 0 radical (unpaired) electrons. The number of nitrogens with one attached hydrogen (secondary N) is 6. The highest BCUT2D eigenvalue weighted by atomic mass is 32.1. The Morgan fingerprint density at radius 1 is 0.395 bits per heavy atom. The topological polar surface area (TPSA) is 365 Å². The maximum atomic E-state index is 14.5. The monoisotopic (exact) mass is 1730 g/mol. The molecule has 1 unspecified atom stereocenters. The maximum Gasteiger partial charge on any atom is 0.306 e. The molecule has 10 N–H and O–H groups in total. The lowest BCUT2D eigenvalue weighted by Crippen LogP contribution is -2.34. The van der Waals surface area contributed by atoms with E-state index in [1.54, 1.807) is 47.9 Å². The second-order valence-corrected chi connectivity index (χ2v) is 35.4. The lowest BCUT2D eigenvalue weighted by Gasteiger charge is -2.25. The van der Waals surface area contributed by atoms with Crippen LogP contribution in [0.2, 0.25) is 0 Å². The van der Waals surface area contributed by atoms with Gasteiger partial charge in [0, 0.05) is 89.1 Å². The van der Waals surface area contributed by atoms with Gasteiger partial charge in [-0.05, 0) is 306 Å². The Bertz CT molecular complexity index is 8050. The Labute approximate surface area is 737 Å². The van der Waals surface area contributed by atoms with Gasteiger partial charge in [-0.1, -0.05) is 12.1 Å². The van der Waals surface area contributed by atoms with Crippen LogP contribution in [-0.2, 0) is 78.6 Å². The lowest BCUT2D eigenvalue weighted by molar-refractivity contribution is -0.142. The molecule has 24 nitrogen and oxygen atoms in total. The molecule has 26 rings (SSSR count). The third-order valence-corrected chi connectivity index (χ3v) is 27.4. The van der Waals surface area contributed by atoms with Crippen LogP contribution in [0.5, 0.6) is 17.2 Å². The van der Waals surface area contributed by atoms with Crippen molar-refractivity contribution >= 4 is 154 Å². The molecule has 2 amide bonds. The number of aromatic hydroxyl groups is 3. The number of H-pyrrole nitrogens is 5. The average Bonchev–Trinajstić information content (AvgIpc) is 1.33. The number of fused-ring (bicyclic) bond motifs is 26. The largest absolute Gasteiger partial charge is 0.508 e. The molecule has 129 heavy (non-hydrogen) atoms. The minimum absolute atomic E-state index is 0.171. The van der Waals surface area contributed by atoms with E-state index in [0.29, 0.717) is 36.0 Å². The first kappa shape index (κ1) is 79.8. The summed E-state index contributed by atoms with van der Waals surface area (Å²) in [6, 6.07) is 42.7. The Morgan fingerprint density at radius 2 is 0.783 bits per heavy atom. The molecule has 11 aromatic heterocycles. The normalized spacial score (nSPS) is 15.3. The number of rotatable bonds is 6. The van der Waals surface area contributed by atoms with Crippen molar-refractivity contribution in [3.05, 3.63) is 255 Å². The number of pyridine rings is 5. The summed E-state index contributed by atoms with van der Waals surface area (Å²) in [6.07, 6.45) is 29.8. The molecule has 0 fully saturated rings. The van der Waals surface area contributed by atoms with Crippen LogP contribution in [0.1, 0.15) is 131 Å². The molecule has 638 valence electrons. The summed E-state index contributed by atoms with van der Waals surface area (Å²) in [4.78, 5) is 64.5. The number of carbonyl (C=O) groups is 3. The number of halogens is 2. The minimum atomic E-state index is -0.800. The third kappa shape index (κ3) is 14.4. The molecule has 0 spiro atoms.